The van der Waals surface area contributed by atoms with Crippen molar-refractivity contribution in [2.75, 3.05) is 0 Å². The van der Waals surface area contributed by atoms with Gasteiger partial charge in [0.05, 0.1) is 22.1 Å². The van der Waals surface area contributed by atoms with Crippen LogP contribution in [-0.4, -0.2) is 11.4 Å². The molecule has 0 bridgehead atoms. The van der Waals surface area contributed by atoms with Crippen molar-refractivity contribution in [3.63, 3.8) is 0 Å². The van der Waals surface area contributed by atoms with Gasteiger partial charge in [0.2, 0.25) is 6.41 Å². The molecule has 0 aliphatic heterocycles. The first kappa shape index (κ1) is 14.7. The summed E-state index contributed by atoms with van der Waals surface area (Å²) in [5.41, 5.74) is 5.26. The van der Waals surface area contributed by atoms with Crippen LogP contribution in [0.2, 0.25) is 0 Å². The Kier molecular flexibility index (Phi) is 4.90. The molecule has 0 fully saturated rings. The Balaban J connectivity index is 2.21. The minimum atomic E-state index is 0.0871. The first-order valence-corrected chi connectivity index (χ1v) is 7.70. The van der Waals surface area contributed by atoms with Crippen LogP contribution in [0, 0.1) is 12.8 Å². The molecule has 3 nitrogen and oxygen atoms in total. The van der Waals surface area contributed by atoms with Gasteiger partial charge in [0.1, 0.15) is 0 Å². The molecule has 4 heteroatoms. The predicted octanol–water partition coefficient (Wildman–Crippen LogP) is 3.95. The molecule has 1 heterocycles. The fourth-order valence-electron chi connectivity index (χ4n) is 2.30. The molecule has 0 saturated carbocycles. The van der Waals surface area contributed by atoms with Crippen LogP contribution in [0.5, 0.6) is 0 Å². The molecule has 1 atom stereocenters. The maximum atomic E-state index is 10.8. The van der Waals surface area contributed by atoms with Crippen molar-refractivity contribution >= 4 is 17.7 Å². The van der Waals surface area contributed by atoms with E-state index in [4.69, 9.17) is 0 Å². The maximum absolute atomic E-state index is 10.8. The number of amides is 1. The number of hydrogen-bond donors (Lipinski definition) is 1. The molecule has 0 saturated heterocycles. The Morgan fingerprint density at radius 3 is 2.50 bits per heavy atom. The Hall–Kier alpha value is -1.68. The SMILES string of the molecule is Cc1ncsc1-c1ccc(C(CC(C)C)NC=O)cc1. The molecule has 2 rings (SSSR count). The summed E-state index contributed by atoms with van der Waals surface area (Å²) < 4.78 is 0. The van der Waals surface area contributed by atoms with Crippen LogP contribution < -0.4 is 5.32 Å². The quantitative estimate of drug-likeness (QED) is 0.818. The molecule has 1 aromatic heterocycles. The molecule has 2 aromatic rings. The van der Waals surface area contributed by atoms with Crippen LogP contribution >= 0.6 is 11.3 Å². The Bertz CT molecular complexity index is 560. The first-order valence-electron chi connectivity index (χ1n) is 6.82. The van der Waals surface area contributed by atoms with Crippen molar-refractivity contribution < 1.29 is 4.79 Å². The molecule has 0 aliphatic rings. The zero-order chi connectivity index (χ0) is 14.5. The molecule has 0 radical (unpaired) electrons. The van der Waals surface area contributed by atoms with E-state index in [9.17, 15) is 4.79 Å². The van der Waals surface area contributed by atoms with Crippen molar-refractivity contribution in [1.82, 2.24) is 10.3 Å². The molecule has 1 amide bonds. The number of aryl methyl sites for hydroxylation is 1. The average Bonchev–Trinajstić information content (AvgIpc) is 2.84. The number of carbonyl (C=O) groups excluding carboxylic acids is 1. The number of nitrogens with one attached hydrogen (secondary N) is 1. The lowest BCUT2D eigenvalue weighted by Gasteiger charge is -2.19. The molecule has 1 unspecified atom stereocenters. The Labute approximate surface area is 124 Å². The van der Waals surface area contributed by atoms with E-state index in [0.717, 1.165) is 24.1 Å². The zero-order valence-corrected chi connectivity index (χ0v) is 12.9. The Morgan fingerprint density at radius 2 is 2.00 bits per heavy atom. The second-order valence-electron chi connectivity index (χ2n) is 5.36. The van der Waals surface area contributed by atoms with Crippen LogP contribution in [0.25, 0.3) is 10.4 Å². The second kappa shape index (κ2) is 6.66. The minimum absolute atomic E-state index is 0.0871. The summed E-state index contributed by atoms with van der Waals surface area (Å²) >= 11 is 1.65. The molecule has 20 heavy (non-hydrogen) atoms. The van der Waals surface area contributed by atoms with Gasteiger partial charge in [-0.05, 0) is 30.4 Å². The van der Waals surface area contributed by atoms with Crippen molar-refractivity contribution in [2.24, 2.45) is 5.92 Å². The number of carbonyl (C=O) groups is 1. The van der Waals surface area contributed by atoms with Gasteiger partial charge in [0, 0.05) is 0 Å². The summed E-state index contributed by atoms with van der Waals surface area (Å²) in [6.07, 6.45) is 1.73. The van der Waals surface area contributed by atoms with Crippen molar-refractivity contribution in [2.45, 2.75) is 33.2 Å². The van der Waals surface area contributed by atoms with Gasteiger partial charge in [-0.25, -0.2) is 4.98 Å². The fraction of sp³-hybridized carbons (Fsp3) is 0.375. The van der Waals surface area contributed by atoms with Crippen molar-refractivity contribution in [3.05, 3.63) is 41.0 Å². The molecular formula is C16H20N2OS. The van der Waals surface area contributed by atoms with E-state index in [-0.39, 0.29) is 6.04 Å². The van der Waals surface area contributed by atoms with Gasteiger partial charge in [-0.3, -0.25) is 4.79 Å². The molecular weight excluding hydrogens is 268 g/mol. The summed E-state index contributed by atoms with van der Waals surface area (Å²) in [4.78, 5) is 16.2. The van der Waals surface area contributed by atoms with Gasteiger partial charge in [-0.1, -0.05) is 38.1 Å². The number of benzene rings is 1. The minimum Gasteiger partial charge on any atom is -0.352 e. The monoisotopic (exact) mass is 288 g/mol. The number of rotatable bonds is 6. The van der Waals surface area contributed by atoms with Gasteiger partial charge < -0.3 is 5.32 Å². The van der Waals surface area contributed by atoms with Crippen molar-refractivity contribution in [1.29, 1.82) is 0 Å². The second-order valence-corrected chi connectivity index (χ2v) is 6.21. The zero-order valence-electron chi connectivity index (χ0n) is 12.1. The van der Waals surface area contributed by atoms with Gasteiger partial charge in [-0.15, -0.1) is 11.3 Å². The van der Waals surface area contributed by atoms with Crippen LogP contribution in [0.4, 0.5) is 0 Å². The van der Waals surface area contributed by atoms with E-state index >= 15 is 0 Å². The van der Waals surface area contributed by atoms with Crippen molar-refractivity contribution in [3.8, 4) is 10.4 Å². The summed E-state index contributed by atoms with van der Waals surface area (Å²) in [6.45, 7) is 6.35. The van der Waals surface area contributed by atoms with Crippen LogP contribution in [-0.2, 0) is 4.79 Å². The lowest BCUT2D eigenvalue weighted by molar-refractivity contribution is -0.110. The molecule has 106 valence electrons. The highest BCUT2D eigenvalue weighted by atomic mass is 32.1. The van der Waals surface area contributed by atoms with Gasteiger partial charge >= 0.3 is 0 Å². The van der Waals surface area contributed by atoms with Gasteiger partial charge in [0.25, 0.3) is 0 Å². The highest BCUT2D eigenvalue weighted by molar-refractivity contribution is 7.13. The van der Waals surface area contributed by atoms with E-state index < -0.39 is 0 Å². The average molecular weight is 288 g/mol. The van der Waals surface area contributed by atoms with Crippen LogP contribution in [0.1, 0.15) is 37.6 Å². The van der Waals surface area contributed by atoms with E-state index in [0.29, 0.717) is 5.92 Å². The third-order valence-electron chi connectivity index (χ3n) is 3.30. The lowest BCUT2D eigenvalue weighted by atomic mass is 9.96. The third-order valence-corrected chi connectivity index (χ3v) is 4.27. The van der Waals surface area contributed by atoms with E-state index in [1.807, 2.05) is 12.4 Å². The summed E-state index contributed by atoms with van der Waals surface area (Å²) in [7, 11) is 0. The fourth-order valence-corrected chi connectivity index (χ4v) is 3.11. The summed E-state index contributed by atoms with van der Waals surface area (Å²) in [6, 6.07) is 8.49. The molecule has 1 aromatic carbocycles. The topological polar surface area (TPSA) is 42.0 Å². The van der Waals surface area contributed by atoms with E-state index in [1.165, 1.54) is 10.4 Å². The largest absolute Gasteiger partial charge is 0.352 e. The summed E-state index contributed by atoms with van der Waals surface area (Å²) in [5, 5.41) is 2.91. The summed E-state index contributed by atoms with van der Waals surface area (Å²) in [5.74, 6) is 0.538. The van der Waals surface area contributed by atoms with E-state index in [2.05, 4.69) is 48.4 Å². The molecule has 1 N–H and O–H groups in total. The standard InChI is InChI=1S/C16H20N2OS/c1-11(2)8-15(17-9-19)13-4-6-14(7-5-13)16-12(3)18-10-20-16/h4-7,9-11,15H,8H2,1-3H3,(H,17,19). The predicted molar refractivity (Wildman–Crippen MR) is 83.7 cm³/mol. The number of nitrogens with zero attached hydrogens (tertiary/aromatic N) is 1. The maximum Gasteiger partial charge on any atom is 0.207 e. The van der Waals surface area contributed by atoms with Gasteiger partial charge in [0.15, 0.2) is 0 Å². The van der Waals surface area contributed by atoms with Crippen LogP contribution in [0.15, 0.2) is 29.8 Å². The molecule has 0 aliphatic carbocycles. The molecule has 0 spiro atoms. The number of hydrogen-bond acceptors (Lipinski definition) is 3. The smallest absolute Gasteiger partial charge is 0.207 e. The number of thiazole rings is 1. The third kappa shape index (κ3) is 3.45. The Morgan fingerprint density at radius 1 is 1.30 bits per heavy atom. The lowest BCUT2D eigenvalue weighted by Crippen LogP contribution is -2.21. The number of aromatic nitrogens is 1. The normalized spacial score (nSPS) is 12.4. The highest BCUT2D eigenvalue weighted by Crippen LogP contribution is 2.29. The van der Waals surface area contributed by atoms with Gasteiger partial charge in [-0.2, -0.15) is 0 Å². The van der Waals surface area contributed by atoms with E-state index in [1.54, 1.807) is 11.3 Å². The first-order chi connectivity index (χ1) is 9.61. The van der Waals surface area contributed by atoms with Crippen LogP contribution in [0.3, 0.4) is 0 Å². The highest BCUT2D eigenvalue weighted by Gasteiger charge is 2.13.